The lowest BCUT2D eigenvalue weighted by molar-refractivity contribution is 0.0987. The maximum absolute atomic E-state index is 14.1. The van der Waals surface area contributed by atoms with Crippen LogP contribution in [-0.2, 0) is 13.0 Å². The minimum Gasteiger partial charge on any atom is -0.308 e. The molecule has 9 nitrogen and oxygen atoms in total. The first-order chi connectivity index (χ1) is 21.6. The Labute approximate surface area is 255 Å². The molecule has 0 aliphatic heterocycles. The first kappa shape index (κ1) is 28.7. The fourth-order valence-corrected chi connectivity index (χ4v) is 5.49. The highest BCUT2D eigenvalue weighted by atomic mass is 16.2. The molecule has 0 unspecified atom stereocenters. The third kappa shape index (κ3) is 5.76. The molecule has 0 atom stereocenters. The zero-order chi connectivity index (χ0) is 30.5. The Balaban J connectivity index is 1.35. The third-order valence-corrected chi connectivity index (χ3v) is 7.63. The summed E-state index contributed by atoms with van der Waals surface area (Å²) in [7, 11) is 0. The number of carbonyl (C=O) groups is 1. The lowest BCUT2D eigenvalue weighted by atomic mass is 9.98. The van der Waals surface area contributed by atoms with E-state index in [9.17, 15) is 9.59 Å². The first-order valence-electron chi connectivity index (χ1n) is 14.9. The lowest BCUT2D eigenvalue weighted by Crippen LogP contribution is -2.32. The SMILES string of the molecule is CCCc1nc2ccc(N(CCC)C(=O)c3ccccc3)cc2c(=O)n1Cc1ccc(-c2ccccc2-c2nn[nH]n2)cc1. The summed E-state index contributed by atoms with van der Waals surface area (Å²) in [5.74, 6) is 1.18. The Morgan fingerprint density at radius 3 is 2.32 bits per heavy atom. The van der Waals surface area contributed by atoms with E-state index >= 15 is 0 Å². The molecule has 6 aromatic rings. The number of H-pyrrole nitrogens is 1. The predicted molar refractivity (Wildman–Crippen MR) is 173 cm³/mol. The van der Waals surface area contributed by atoms with Crippen molar-refractivity contribution in [1.29, 1.82) is 0 Å². The molecule has 1 N–H and O–H groups in total. The second kappa shape index (κ2) is 12.8. The molecule has 9 heteroatoms. The van der Waals surface area contributed by atoms with Gasteiger partial charge in [-0.15, -0.1) is 10.2 Å². The van der Waals surface area contributed by atoms with Crippen molar-refractivity contribution >= 4 is 22.5 Å². The summed E-state index contributed by atoms with van der Waals surface area (Å²) in [5.41, 5.74) is 5.68. The normalized spacial score (nSPS) is 11.1. The number of nitrogens with zero attached hydrogens (tertiary/aromatic N) is 6. The Kier molecular flexibility index (Phi) is 8.36. The van der Waals surface area contributed by atoms with Crippen LogP contribution in [-0.4, -0.2) is 42.6 Å². The highest BCUT2D eigenvalue weighted by Crippen LogP contribution is 2.30. The van der Waals surface area contributed by atoms with Crippen molar-refractivity contribution in [3.63, 3.8) is 0 Å². The van der Waals surface area contributed by atoms with E-state index in [1.165, 1.54) is 0 Å². The summed E-state index contributed by atoms with van der Waals surface area (Å²) < 4.78 is 1.76. The van der Waals surface area contributed by atoms with E-state index in [1.807, 2.05) is 104 Å². The number of benzene rings is 4. The van der Waals surface area contributed by atoms with Crippen molar-refractivity contribution < 1.29 is 4.79 Å². The van der Waals surface area contributed by atoms with Crippen molar-refractivity contribution in [1.82, 2.24) is 30.2 Å². The van der Waals surface area contributed by atoms with E-state index in [4.69, 9.17) is 4.98 Å². The molecule has 44 heavy (non-hydrogen) atoms. The molecule has 0 aliphatic rings. The molecule has 0 spiro atoms. The minimum atomic E-state index is -0.115. The van der Waals surface area contributed by atoms with E-state index in [-0.39, 0.29) is 11.5 Å². The summed E-state index contributed by atoms with van der Waals surface area (Å²) in [6.07, 6.45) is 2.32. The number of hydrogen-bond donors (Lipinski definition) is 1. The van der Waals surface area contributed by atoms with Crippen LogP contribution in [0.3, 0.4) is 0 Å². The highest BCUT2D eigenvalue weighted by Gasteiger charge is 2.19. The molecule has 0 saturated carbocycles. The predicted octanol–water partition coefficient (Wildman–Crippen LogP) is 6.30. The molecule has 4 aromatic carbocycles. The first-order valence-corrected chi connectivity index (χ1v) is 14.9. The standard InChI is InChI=1S/C35H33N7O2/c1-3-10-32-36-31-20-19-27(41(21-4-2)34(43)26-11-6-5-7-12-26)22-30(31)35(44)42(32)23-24-15-17-25(18-16-24)28-13-8-9-14-29(28)33-37-39-40-38-33/h5-9,11-20,22H,3-4,10,21,23H2,1-2H3,(H,37,38,39,40). The van der Waals surface area contributed by atoms with Gasteiger partial charge in [0.1, 0.15) is 5.82 Å². The van der Waals surface area contributed by atoms with E-state index in [0.29, 0.717) is 47.5 Å². The molecule has 2 aromatic heterocycles. The Morgan fingerprint density at radius 2 is 1.61 bits per heavy atom. The molecular formula is C35H33N7O2. The van der Waals surface area contributed by atoms with Crippen LogP contribution in [0.2, 0.25) is 0 Å². The quantitative estimate of drug-likeness (QED) is 0.203. The fourth-order valence-electron chi connectivity index (χ4n) is 5.49. The number of fused-ring (bicyclic) bond motifs is 1. The summed E-state index contributed by atoms with van der Waals surface area (Å²) in [4.78, 5) is 34.2. The van der Waals surface area contributed by atoms with Gasteiger partial charge in [0.15, 0.2) is 0 Å². The van der Waals surface area contributed by atoms with Gasteiger partial charge in [-0.05, 0) is 65.1 Å². The highest BCUT2D eigenvalue weighted by molar-refractivity contribution is 6.06. The number of tetrazole rings is 1. The summed E-state index contributed by atoms with van der Waals surface area (Å²) in [6.45, 7) is 5.04. The molecule has 0 saturated heterocycles. The number of aromatic nitrogens is 6. The van der Waals surface area contributed by atoms with Crippen molar-refractivity contribution in [2.24, 2.45) is 0 Å². The Hall–Kier alpha value is -5.44. The van der Waals surface area contributed by atoms with Crippen molar-refractivity contribution in [2.75, 3.05) is 11.4 Å². The number of rotatable bonds is 10. The average Bonchev–Trinajstić information content (AvgIpc) is 3.61. The van der Waals surface area contributed by atoms with Crippen LogP contribution in [0.15, 0.2) is 102 Å². The Bertz CT molecular complexity index is 1950. The molecule has 220 valence electrons. The van der Waals surface area contributed by atoms with Crippen LogP contribution in [0.4, 0.5) is 5.69 Å². The van der Waals surface area contributed by atoms with Gasteiger partial charge >= 0.3 is 0 Å². The number of aromatic amines is 1. The topological polar surface area (TPSA) is 110 Å². The summed E-state index contributed by atoms with van der Waals surface area (Å²) in [5, 5.41) is 15.0. The largest absolute Gasteiger partial charge is 0.308 e. The number of nitrogens with one attached hydrogen (secondary N) is 1. The molecule has 2 heterocycles. The lowest BCUT2D eigenvalue weighted by Gasteiger charge is -2.23. The van der Waals surface area contributed by atoms with Gasteiger partial charge in [-0.25, -0.2) is 4.98 Å². The third-order valence-electron chi connectivity index (χ3n) is 7.63. The summed E-state index contributed by atoms with van der Waals surface area (Å²) in [6, 6.07) is 30.9. The van der Waals surface area contributed by atoms with Gasteiger partial charge in [-0.2, -0.15) is 5.21 Å². The number of anilines is 1. The second-order valence-corrected chi connectivity index (χ2v) is 10.7. The van der Waals surface area contributed by atoms with Crippen LogP contribution in [0.5, 0.6) is 0 Å². The van der Waals surface area contributed by atoms with Gasteiger partial charge in [0.25, 0.3) is 11.5 Å². The maximum Gasteiger partial charge on any atom is 0.261 e. The van der Waals surface area contributed by atoms with Crippen molar-refractivity contribution in [3.8, 4) is 22.5 Å². The Morgan fingerprint density at radius 1 is 0.864 bits per heavy atom. The van der Waals surface area contributed by atoms with Gasteiger partial charge < -0.3 is 4.90 Å². The van der Waals surface area contributed by atoms with Crippen LogP contribution < -0.4 is 10.5 Å². The van der Waals surface area contributed by atoms with Gasteiger partial charge in [-0.3, -0.25) is 14.2 Å². The molecule has 6 rings (SSSR count). The van der Waals surface area contributed by atoms with Crippen LogP contribution in [0, 0.1) is 0 Å². The fraction of sp³-hybridized carbons (Fsp3) is 0.200. The van der Waals surface area contributed by atoms with Crippen molar-refractivity contribution in [3.05, 3.63) is 124 Å². The minimum absolute atomic E-state index is 0.0938. The molecule has 1 amide bonds. The molecular weight excluding hydrogens is 550 g/mol. The number of amides is 1. The maximum atomic E-state index is 14.1. The second-order valence-electron chi connectivity index (χ2n) is 10.7. The number of aryl methyl sites for hydroxylation is 1. The van der Waals surface area contributed by atoms with E-state index in [2.05, 4.69) is 27.5 Å². The zero-order valence-corrected chi connectivity index (χ0v) is 24.8. The van der Waals surface area contributed by atoms with E-state index < -0.39 is 0 Å². The van der Waals surface area contributed by atoms with Gasteiger partial charge in [0.05, 0.1) is 17.4 Å². The van der Waals surface area contributed by atoms with Crippen molar-refractivity contribution in [2.45, 2.75) is 39.7 Å². The monoisotopic (exact) mass is 583 g/mol. The van der Waals surface area contributed by atoms with Crippen LogP contribution in [0.1, 0.15) is 48.4 Å². The molecule has 0 fully saturated rings. The van der Waals surface area contributed by atoms with Crippen LogP contribution >= 0.6 is 0 Å². The smallest absolute Gasteiger partial charge is 0.261 e. The average molecular weight is 584 g/mol. The number of hydrogen-bond acceptors (Lipinski definition) is 6. The molecule has 0 aliphatic carbocycles. The molecule has 0 radical (unpaired) electrons. The summed E-state index contributed by atoms with van der Waals surface area (Å²) >= 11 is 0. The van der Waals surface area contributed by atoms with E-state index in [1.54, 1.807) is 9.47 Å². The molecule has 0 bridgehead atoms. The van der Waals surface area contributed by atoms with Gasteiger partial charge in [-0.1, -0.05) is 80.6 Å². The van der Waals surface area contributed by atoms with Gasteiger partial charge in [0, 0.05) is 29.8 Å². The number of carbonyl (C=O) groups excluding carboxylic acids is 1. The zero-order valence-electron chi connectivity index (χ0n) is 24.8. The van der Waals surface area contributed by atoms with Gasteiger partial charge in [0.2, 0.25) is 5.82 Å². The van der Waals surface area contributed by atoms with Crippen LogP contribution in [0.25, 0.3) is 33.4 Å². The van der Waals surface area contributed by atoms with E-state index in [0.717, 1.165) is 40.9 Å².